The van der Waals surface area contributed by atoms with Crippen molar-refractivity contribution in [1.82, 2.24) is 5.32 Å². The average Bonchev–Trinajstić information content (AvgIpc) is 2.66. The molecule has 0 saturated heterocycles. The number of nitrogens with two attached hydrogens (primary N) is 2. The molecule has 1 aliphatic rings. The van der Waals surface area contributed by atoms with Crippen LogP contribution in [0.25, 0.3) is 0 Å². The van der Waals surface area contributed by atoms with Crippen molar-refractivity contribution >= 4 is 43.8 Å². The maximum absolute atomic E-state index is 12.3. The number of aliphatic carboxylic acids is 1. The number of hydrogen-bond donors (Lipinski definition) is 6. The van der Waals surface area contributed by atoms with Crippen molar-refractivity contribution in [3.8, 4) is 0 Å². The molecule has 8 N–H and O–H groups in total. The van der Waals surface area contributed by atoms with Gasteiger partial charge in [-0.1, -0.05) is 36.8 Å². The van der Waals surface area contributed by atoms with Crippen LogP contribution in [0.3, 0.4) is 0 Å². The van der Waals surface area contributed by atoms with Gasteiger partial charge in [0.15, 0.2) is 0 Å². The molecular weight excluding hydrogens is 432 g/mol. The first-order valence-corrected chi connectivity index (χ1v) is 9.68. The van der Waals surface area contributed by atoms with E-state index in [-0.39, 0.29) is 55.9 Å². The van der Waals surface area contributed by atoms with E-state index in [0.717, 1.165) is 12.0 Å². The lowest BCUT2D eigenvalue weighted by atomic mass is 9.66. The summed E-state index contributed by atoms with van der Waals surface area (Å²) in [6.07, 6.45) is 2.61. The van der Waals surface area contributed by atoms with E-state index < -0.39 is 30.6 Å². The third-order valence-corrected chi connectivity index (χ3v) is 5.67. The summed E-state index contributed by atoms with van der Waals surface area (Å²) in [5.74, 6) is -1.83. The maximum atomic E-state index is 12.3. The number of carboxylic acid groups (broad SMARTS) is 1. The van der Waals surface area contributed by atoms with Crippen molar-refractivity contribution in [2.45, 2.75) is 50.0 Å². The SMILES string of the molecule is Cl.Cl.N[C@@H](Cc1ccccc1)C(=O)NC[C@@H]1CC[C@@H](CCB(O)O)C[C@]1(N)C(=O)O. The molecule has 0 unspecified atom stereocenters. The van der Waals surface area contributed by atoms with Crippen LogP contribution < -0.4 is 16.8 Å². The fourth-order valence-corrected chi connectivity index (χ4v) is 3.93. The van der Waals surface area contributed by atoms with Crippen LogP contribution in [0.2, 0.25) is 6.32 Å². The Kier molecular flexibility index (Phi) is 12.5. The highest BCUT2D eigenvalue weighted by Crippen LogP contribution is 2.38. The number of rotatable bonds is 9. The van der Waals surface area contributed by atoms with Crippen LogP contribution in [0.15, 0.2) is 30.3 Å². The zero-order valence-electron chi connectivity index (χ0n) is 16.8. The Balaban J connectivity index is 0.00000420. The second-order valence-electron chi connectivity index (χ2n) is 7.79. The zero-order valence-corrected chi connectivity index (χ0v) is 18.4. The maximum Gasteiger partial charge on any atom is 0.451 e. The molecule has 2 rings (SSSR count). The lowest BCUT2D eigenvalue weighted by Gasteiger charge is -2.41. The first-order valence-electron chi connectivity index (χ1n) is 9.68. The Hall–Kier alpha value is -1.36. The monoisotopic (exact) mass is 463 g/mol. The minimum atomic E-state index is -1.46. The summed E-state index contributed by atoms with van der Waals surface area (Å²) in [6, 6.07) is 8.72. The second-order valence-corrected chi connectivity index (χ2v) is 7.79. The molecule has 8 nitrogen and oxygen atoms in total. The summed E-state index contributed by atoms with van der Waals surface area (Å²) in [4.78, 5) is 24.2. The first-order chi connectivity index (χ1) is 13.2. The summed E-state index contributed by atoms with van der Waals surface area (Å²) in [7, 11) is -1.40. The van der Waals surface area contributed by atoms with Gasteiger partial charge in [0.25, 0.3) is 0 Å². The van der Waals surface area contributed by atoms with Gasteiger partial charge in [0.1, 0.15) is 5.54 Å². The van der Waals surface area contributed by atoms with E-state index in [9.17, 15) is 14.7 Å². The predicted octanol–water partition coefficient (Wildman–Crippen LogP) is 0.578. The minimum absolute atomic E-state index is 0. The van der Waals surface area contributed by atoms with Crippen molar-refractivity contribution < 1.29 is 24.7 Å². The van der Waals surface area contributed by atoms with Gasteiger partial charge in [0.05, 0.1) is 6.04 Å². The van der Waals surface area contributed by atoms with Crippen LogP contribution in [-0.2, 0) is 16.0 Å². The molecule has 1 aromatic rings. The van der Waals surface area contributed by atoms with Crippen molar-refractivity contribution in [3.05, 3.63) is 35.9 Å². The van der Waals surface area contributed by atoms with Crippen LogP contribution in [0.4, 0.5) is 0 Å². The number of amides is 1. The fraction of sp³-hybridized carbons (Fsp3) is 0.579. The smallest absolute Gasteiger partial charge is 0.451 e. The van der Waals surface area contributed by atoms with Crippen molar-refractivity contribution in [1.29, 1.82) is 0 Å². The Morgan fingerprint density at radius 3 is 2.40 bits per heavy atom. The van der Waals surface area contributed by atoms with Gasteiger partial charge in [0, 0.05) is 12.5 Å². The molecule has 11 heteroatoms. The van der Waals surface area contributed by atoms with E-state index >= 15 is 0 Å². The van der Waals surface area contributed by atoms with Crippen LogP contribution in [0.1, 0.15) is 31.2 Å². The summed E-state index contributed by atoms with van der Waals surface area (Å²) in [5.41, 5.74) is 11.7. The highest BCUT2D eigenvalue weighted by molar-refractivity contribution is 6.40. The number of halogens is 2. The van der Waals surface area contributed by atoms with Crippen LogP contribution in [0, 0.1) is 11.8 Å². The average molecular weight is 464 g/mol. The Morgan fingerprint density at radius 1 is 1.20 bits per heavy atom. The van der Waals surface area contributed by atoms with Gasteiger partial charge in [0.2, 0.25) is 5.91 Å². The predicted molar refractivity (Wildman–Crippen MR) is 121 cm³/mol. The highest BCUT2D eigenvalue weighted by Gasteiger charge is 2.47. The largest absolute Gasteiger partial charge is 0.480 e. The quantitative estimate of drug-likeness (QED) is 0.292. The second kappa shape index (κ2) is 13.1. The molecule has 1 fully saturated rings. The van der Waals surface area contributed by atoms with Gasteiger partial charge >= 0.3 is 13.1 Å². The molecule has 0 aromatic heterocycles. The lowest BCUT2D eigenvalue weighted by Crippen LogP contribution is -2.60. The molecule has 0 bridgehead atoms. The number of benzene rings is 1. The molecule has 30 heavy (non-hydrogen) atoms. The molecule has 0 radical (unpaired) electrons. The van der Waals surface area contributed by atoms with Gasteiger partial charge in [-0.15, -0.1) is 24.8 Å². The van der Waals surface area contributed by atoms with Crippen LogP contribution in [0.5, 0.6) is 0 Å². The van der Waals surface area contributed by atoms with Gasteiger partial charge in [-0.25, -0.2) is 0 Å². The van der Waals surface area contributed by atoms with E-state index in [2.05, 4.69) is 5.32 Å². The highest BCUT2D eigenvalue weighted by atomic mass is 35.5. The molecule has 1 aliphatic carbocycles. The summed E-state index contributed by atoms with van der Waals surface area (Å²) in [6.45, 7) is 0.152. The van der Waals surface area contributed by atoms with Gasteiger partial charge in [-0.05, 0) is 43.5 Å². The normalized spacial score (nSPS) is 24.0. The Bertz CT molecular complexity index is 671. The number of carbonyl (C=O) groups is 2. The van der Waals surface area contributed by atoms with Crippen LogP contribution >= 0.6 is 24.8 Å². The Morgan fingerprint density at radius 2 is 1.83 bits per heavy atom. The molecule has 1 saturated carbocycles. The van der Waals surface area contributed by atoms with E-state index in [1.807, 2.05) is 30.3 Å². The standard InChI is InChI=1S/C19H30BN3O5.2ClH/c21-16(10-13-4-2-1-3-5-13)17(24)23-12-15-7-6-14(8-9-20(27)28)11-19(15,22)18(25)26;;/h1-5,14-16,27-28H,6-12,21-22H2,(H,23,24)(H,25,26);2*1H/t14-,15-,16-,19+;;/m0../s1. The molecule has 170 valence electrons. The number of hydrogen-bond acceptors (Lipinski definition) is 6. The number of carboxylic acids is 1. The van der Waals surface area contributed by atoms with Crippen molar-refractivity contribution in [2.75, 3.05) is 6.54 Å². The zero-order chi connectivity index (χ0) is 20.7. The molecular formula is C19H32BCl2N3O5. The van der Waals surface area contributed by atoms with Gasteiger partial charge in [-0.2, -0.15) is 0 Å². The molecule has 4 atom stereocenters. The molecule has 1 aromatic carbocycles. The summed E-state index contributed by atoms with van der Waals surface area (Å²) >= 11 is 0. The molecule has 0 aliphatic heterocycles. The van der Waals surface area contributed by atoms with E-state index in [1.54, 1.807) is 0 Å². The molecule has 1 amide bonds. The summed E-state index contributed by atoms with van der Waals surface area (Å²) in [5, 5.41) is 30.5. The number of nitrogens with one attached hydrogen (secondary N) is 1. The first kappa shape index (κ1) is 28.6. The van der Waals surface area contributed by atoms with Crippen molar-refractivity contribution in [3.63, 3.8) is 0 Å². The van der Waals surface area contributed by atoms with E-state index in [0.29, 0.717) is 19.3 Å². The van der Waals surface area contributed by atoms with Gasteiger partial charge in [-0.3, -0.25) is 9.59 Å². The third kappa shape index (κ3) is 8.05. The fourth-order valence-electron chi connectivity index (χ4n) is 3.93. The van der Waals surface area contributed by atoms with Crippen molar-refractivity contribution in [2.24, 2.45) is 23.3 Å². The minimum Gasteiger partial charge on any atom is -0.480 e. The Labute approximate surface area is 189 Å². The van der Waals surface area contributed by atoms with E-state index in [4.69, 9.17) is 21.5 Å². The molecule has 0 spiro atoms. The lowest BCUT2D eigenvalue weighted by molar-refractivity contribution is -0.148. The topological polar surface area (TPSA) is 159 Å². The molecule has 0 heterocycles. The number of carbonyl (C=O) groups excluding carboxylic acids is 1. The van der Waals surface area contributed by atoms with E-state index in [1.165, 1.54) is 0 Å². The summed E-state index contributed by atoms with van der Waals surface area (Å²) < 4.78 is 0. The van der Waals surface area contributed by atoms with Crippen LogP contribution in [-0.4, -0.2) is 52.3 Å². The van der Waals surface area contributed by atoms with Gasteiger partial charge < -0.3 is 31.9 Å². The third-order valence-electron chi connectivity index (χ3n) is 5.67.